The van der Waals surface area contributed by atoms with Crippen molar-refractivity contribution in [2.45, 2.75) is 31.8 Å². The zero-order valence-corrected chi connectivity index (χ0v) is 19.3. The lowest BCUT2D eigenvalue weighted by Gasteiger charge is -2.19. The minimum Gasteiger partial charge on any atom is -0.385 e. The molecule has 0 aliphatic heterocycles. The number of para-hydroxylation sites is 1. The summed E-state index contributed by atoms with van der Waals surface area (Å²) in [6, 6.07) is 18.5. The fourth-order valence-corrected chi connectivity index (χ4v) is 3.54. The zero-order valence-electron chi connectivity index (χ0n) is 19.3. The van der Waals surface area contributed by atoms with E-state index in [4.69, 9.17) is 4.74 Å². The van der Waals surface area contributed by atoms with Crippen molar-refractivity contribution in [2.75, 3.05) is 20.3 Å². The van der Waals surface area contributed by atoms with Gasteiger partial charge in [0.15, 0.2) is 0 Å². The van der Waals surface area contributed by atoms with Crippen LogP contribution in [0.5, 0.6) is 0 Å². The Hall–Kier alpha value is -3.78. The maximum atomic E-state index is 12.8. The molecular weight excluding hydrogens is 432 g/mol. The van der Waals surface area contributed by atoms with E-state index in [1.807, 2.05) is 60.7 Å². The molecule has 0 saturated carbocycles. The third-order valence-corrected chi connectivity index (χ3v) is 5.36. The minimum absolute atomic E-state index is 0.197. The van der Waals surface area contributed by atoms with Gasteiger partial charge in [-0.3, -0.25) is 19.4 Å². The fourth-order valence-electron chi connectivity index (χ4n) is 3.54. The van der Waals surface area contributed by atoms with E-state index in [2.05, 4.69) is 20.9 Å². The van der Waals surface area contributed by atoms with E-state index >= 15 is 0 Å². The molecule has 3 aromatic rings. The molecule has 8 heteroatoms. The number of aromatic nitrogens is 1. The van der Waals surface area contributed by atoms with Crippen molar-refractivity contribution in [1.29, 1.82) is 0 Å². The van der Waals surface area contributed by atoms with E-state index < -0.39 is 11.9 Å². The predicted octanol–water partition coefficient (Wildman–Crippen LogP) is 2.12. The summed E-state index contributed by atoms with van der Waals surface area (Å²) in [7, 11) is 1.53. The van der Waals surface area contributed by atoms with Gasteiger partial charge in [-0.1, -0.05) is 54.6 Å². The second-order valence-electron chi connectivity index (χ2n) is 7.87. The van der Waals surface area contributed by atoms with Crippen LogP contribution < -0.4 is 16.0 Å². The lowest BCUT2D eigenvalue weighted by molar-refractivity contribution is -0.130. The lowest BCUT2D eigenvalue weighted by Crippen LogP contribution is -2.49. The smallest absolute Gasteiger partial charge is 0.242 e. The molecule has 0 spiro atoms. The summed E-state index contributed by atoms with van der Waals surface area (Å²) in [5.41, 5.74) is 2.76. The molecule has 178 valence electrons. The fraction of sp³-hybridized carbons (Fsp3) is 0.308. The van der Waals surface area contributed by atoms with Gasteiger partial charge < -0.3 is 20.7 Å². The molecule has 1 aromatic heterocycles. The summed E-state index contributed by atoms with van der Waals surface area (Å²) >= 11 is 0. The molecule has 0 fully saturated rings. The summed E-state index contributed by atoms with van der Waals surface area (Å²) < 4.78 is 5.09. The molecule has 0 radical (unpaired) electrons. The number of fused-ring (bicyclic) bond motifs is 1. The molecule has 0 aliphatic rings. The number of carbonyl (C=O) groups excluding carboxylic acids is 3. The highest BCUT2D eigenvalue weighted by atomic mass is 16.5. The van der Waals surface area contributed by atoms with Crippen molar-refractivity contribution in [2.24, 2.45) is 0 Å². The maximum Gasteiger partial charge on any atom is 0.242 e. The number of carbonyl (C=O) groups is 3. The van der Waals surface area contributed by atoms with Crippen LogP contribution in [0, 0.1) is 0 Å². The molecule has 0 bridgehead atoms. The van der Waals surface area contributed by atoms with Crippen LogP contribution in [-0.2, 0) is 32.1 Å². The van der Waals surface area contributed by atoms with E-state index in [9.17, 15) is 14.4 Å². The molecule has 0 saturated heterocycles. The van der Waals surface area contributed by atoms with Gasteiger partial charge in [-0.05, 0) is 30.0 Å². The summed E-state index contributed by atoms with van der Waals surface area (Å²) in [5.74, 6) is -0.981. The molecule has 0 unspecified atom stereocenters. The van der Waals surface area contributed by atoms with Crippen LogP contribution in [-0.4, -0.2) is 49.0 Å². The highest BCUT2D eigenvalue weighted by Crippen LogP contribution is 2.15. The summed E-state index contributed by atoms with van der Waals surface area (Å²) in [5, 5.41) is 9.16. The molecule has 8 nitrogen and oxygen atoms in total. The Morgan fingerprint density at radius 1 is 0.941 bits per heavy atom. The van der Waals surface area contributed by atoms with Gasteiger partial charge in [0.05, 0.1) is 12.1 Å². The van der Waals surface area contributed by atoms with E-state index in [0.717, 1.165) is 22.0 Å². The molecule has 3 rings (SSSR count). The van der Waals surface area contributed by atoms with Crippen molar-refractivity contribution in [3.8, 4) is 0 Å². The Morgan fingerprint density at radius 2 is 1.74 bits per heavy atom. The van der Waals surface area contributed by atoms with Crippen LogP contribution in [0.15, 0.2) is 66.9 Å². The number of amides is 3. The largest absolute Gasteiger partial charge is 0.385 e. The number of hydrogen-bond acceptors (Lipinski definition) is 5. The van der Waals surface area contributed by atoms with Gasteiger partial charge >= 0.3 is 0 Å². The topological polar surface area (TPSA) is 109 Å². The number of nitrogens with zero attached hydrogens (tertiary/aromatic N) is 1. The Balaban J connectivity index is 1.49. The quantitative estimate of drug-likeness (QED) is 0.382. The van der Waals surface area contributed by atoms with Gasteiger partial charge in [0.25, 0.3) is 0 Å². The monoisotopic (exact) mass is 462 g/mol. The van der Waals surface area contributed by atoms with E-state index in [0.29, 0.717) is 19.4 Å². The normalized spacial score (nSPS) is 11.6. The Bertz CT molecular complexity index is 1100. The molecule has 2 aromatic carbocycles. The first-order valence-electron chi connectivity index (χ1n) is 11.3. The third kappa shape index (κ3) is 7.67. The summed E-state index contributed by atoms with van der Waals surface area (Å²) in [4.78, 5) is 41.7. The molecule has 0 aliphatic carbocycles. The lowest BCUT2D eigenvalue weighted by atomic mass is 10.1. The van der Waals surface area contributed by atoms with Crippen molar-refractivity contribution < 1.29 is 19.1 Å². The van der Waals surface area contributed by atoms with Crippen LogP contribution in [0.3, 0.4) is 0 Å². The van der Waals surface area contributed by atoms with Crippen molar-refractivity contribution in [1.82, 2.24) is 20.9 Å². The molecular formula is C26H30N4O4. The van der Waals surface area contributed by atoms with E-state index in [1.165, 1.54) is 7.11 Å². The zero-order chi connectivity index (χ0) is 24.2. The number of hydrogen-bond donors (Lipinski definition) is 3. The van der Waals surface area contributed by atoms with Crippen LogP contribution in [0.25, 0.3) is 10.9 Å². The minimum atomic E-state index is -0.781. The number of ether oxygens (including phenoxy) is 1. The van der Waals surface area contributed by atoms with E-state index in [-0.39, 0.29) is 31.3 Å². The summed E-state index contributed by atoms with van der Waals surface area (Å²) in [6.07, 6.45) is 2.90. The standard InChI is InChI=1S/C26H30N4O4/c1-34-16-14-22(26(33)29-17-21-10-5-9-20-11-6-15-27-25(20)21)30-24(32)18-28-23(31)13-12-19-7-3-2-4-8-19/h2-11,15,22H,12-14,16-18H2,1H3,(H,28,31)(H,29,33)(H,30,32)/t22-/m0/s1. The number of nitrogens with one attached hydrogen (secondary N) is 3. The first-order chi connectivity index (χ1) is 16.6. The molecule has 34 heavy (non-hydrogen) atoms. The van der Waals surface area contributed by atoms with E-state index in [1.54, 1.807) is 6.20 Å². The first-order valence-corrected chi connectivity index (χ1v) is 11.3. The number of pyridine rings is 1. The van der Waals surface area contributed by atoms with Crippen LogP contribution >= 0.6 is 0 Å². The Morgan fingerprint density at radius 3 is 2.53 bits per heavy atom. The second kappa shape index (κ2) is 13.1. The second-order valence-corrected chi connectivity index (χ2v) is 7.87. The molecule has 3 amide bonds. The van der Waals surface area contributed by atoms with Crippen LogP contribution in [0.2, 0.25) is 0 Å². The maximum absolute atomic E-state index is 12.8. The molecule has 3 N–H and O–H groups in total. The highest BCUT2D eigenvalue weighted by molar-refractivity contribution is 5.90. The van der Waals surface area contributed by atoms with Gasteiger partial charge in [0.1, 0.15) is 6.04 Å². The predicted molar refractivity (Wildman–Crippen MR) is 130 cm³/mol. The van der Waals surface area contributed by atoms with Gasteiger partial charge in [0, 0.05) is 38.3 Å². The van der Waals surface area contributed by atoms with Gasteiger partial charge in [-0.15, -0.1) is 0 Å². The van der Waals surface area contributed by atoms with Crippen molar-refractivity contribution in [3.63, 3.8) is 0 Å². The number of benzene rings is 2. The SMILES string of the molecule is COCC[C@H](NC(=O)CNC(=O)CCc1ccccc1)C(=O)NCc1cccc2cccnc12. The Kier molecular flexibility index (Phi) is 9.54. The average molecular weight is 463 g/mol. The van der Waals surface area contributed by atoms with Crippen LogP contribution in [0.4, 0.5) is 0 Å². The number of methoxy groups -OCH3 is 1. The third-order valence-electron chi connectivity index (χ3n) is 5.36. The van der Waals surface area contributed by atoms with Gasteiger partial charge in [-0.25, -0.2) is 0 Å². The van der Waals surface area contributed by atoms with Gasteiger partial charge in [0.2, 0.25) is 17.7 Å². The molecule has 1 heterocycles. The number of aryl methyl sites for hydroxylation is 1. The summed E-state index contributed by atoms with van der Waals surface area (Å²) in [6.45, 7) is 0.387. The average Bonchev–Trinajstić information content (AvgIpc) is 2.87. The van der Waals surface area contributed by atoms with Crippen molar-refractivity contribution >= 4 is 28.6 Å². The highest BCUT2D eigenvalue weighted by Gasteiger charge is 2.21. The number of rotatable bonds is 12. The Labute approximate surface area is 199 Å². The first kappa shape index (κ1) is 24.9. The van der Waals surface area contributed by atoms with Crippen LogP contribution in [0.1, 0.15) is 24.0 Å². The van der Waals surface area contributed by atoms with Crippen molar-refractivity contribution in [3.05, 3.63) is 78.0 Å². The molecule has 1 atom stereocenters. The van der Waals surface area contributed by atoms with Gasteiger partial charge in [-0.2, -0.15) is 0 Å².